The molecular weight excluding hydrogens is 455 g/mol. The molecule has 0 fully saturated rings. The van der Waals surface area contributed by atoms with Crippen LogP contribution in [0, 0.1) is 0 Å². The predicted octanol–water partition coefficient (Wildman–Crippen LogP) is 7.62. The minimum Gasteiger partial charge on any atom is -0.589 e. The van der Waals surface area contributed by atoms with Gasteiger partial charge in [0.2, 0.25) is 0 Å². The van der Waals surface area contributed by atoms with Gasteiger partial charge in [0.15, 0.2) is 0 Å². The first-order chi connectivity index (χ1) is 15.7. The highest BCUT2D eigenvalue weighted by Crippen LogP contribution is 2.46. The highest BCUT2D eigenvalue weighted by molar-refractivity contribution is 7.36. The van der Waals surface area contributed by atoms with Gasteiger partial charge in [0.1, 0.15) is 11.5 Å². The Bertz CT molecular complexity index is 1050. The van der Waals surface area contributed by atoms with E-state index in [1.807, 2.05) is 0 Å². The Kier molecular flexibility index (Phi) is 7.03. The third kappa shape index (κ3) is 5.92. The van der Waals surface area contributed by atoms with Gasteiger partial charge in [0.05, 0.1) is 0 Å². The van der Waals surface area contributed by atoms with Gasteiger partial charge in [-0.3, -0.25) is 0 Å². The molecule has 5 heteroatoms. The average Bonchev–Trinajstić information content (AvgIpc) is 2.63. The van der Waals surface area contributed by atoms with Crippen molar-refractivity contribution in [1.29, 1.82) is 0 Å². The van der Waals surface area contributed by atoms with Crippen LogP contribution in [-0.2, 0) is 32.6 Å². The second-order valence-corrected chi connectivity index (χ2v) is 15.0. The van der Waals surface area contributed by atoms with Crippen molar-refractivity contribution in [3.05, 3.63) is 57.6 Å². The molecule has 1 atom stereocenters. The van der Waals surface area contributed by atoms with Gasteiger partial charge in [0.25, 0.3) is 0 Å². The lowest BCUT2D eigenvalue weighted by Crippen LogP contribution is -2.30. The molecule has 0 amide bonds. The number of fused-ring (bicyclic) bond motifs is 2. The third-order valence-corrected chi connectivity index (χ3v) is 7.23. The highest BCUT2D eigenvalue weighted by Gasteiger charge is 2.37. The lowest BCUT2D eigenvalue weighted by Gasteiger charge is -2.33. The molecule has 0 aliphatic carbocycles. The first-order valence-corrected chi connectivity index (χ1v) is 13.8. The molecule has 0 saturated heterocycles. The number of hydrogen-bond donors (Lipinski definition) is 0. The maximum absolute atomic E-state index is 12.4. The van der Waals surface area contributed by atoms with E-state index in [0.29, 0.717) is 17.9 Å². The summed E-state index contributed by atoms with van der Waals surface area (Å²) in [6, 6.07) is 7.32. The van der Waals surface area contributed by atoms with Crippen LogP contribution in [0.2, 0.25) is 0 Å². The van der Waals surface area contributed by atoms with Crippen LogP contribution in [0.3, 0.4) is 0 Å². The summed E-state index contributed by atoms with van der Waals surface area (Å²) in [5, 5.41) is 0. The lowest BCUT2D eigenvalue weighted by atomic mass is 9.76. The molecule has 0 bridgehead atoms. The molecule has 1 aliphatic rings. The van der Waals surface area contributed by atoms with Crippen molar-refractivity contribution < 1.29 is 18.9 Å². The summed E-state index contributed by atoms with van der Waals surface area (Å²) in [6.07, 6.45) is 0.604. The van der Waals surface area contributed by atoms with E-state index in [2.05, 4.69) is 107 Å². The van der Waals surface area contributed by atoms with Crippen LogP contribution in [0.1, 0.15) is 116 Å². The summed E-state index contributed by atoms with van der Waals surface area (Å²) in [4.78, 5) is 12.4. The van der Waals surface area contributed by atoms with Crippen molar-refractivity contribution in [3.63, 3.8) is 0 Å². The molecule has 0 spiro atoms. The van der Waals surface area contributed by atoms with Crippen LogP contribution in [0.25, 0.3) is 0 Å². The van der Waals surface area contributed by atoms with Crippen LogP contribution < -0.4 is 14.4 Å². The topological polar surface area (TPSA) is 58.6 Å². The Hall–Kier alpha value is -1.90. The summed E-state index contributed by atoms with van der Waals surface area (Å²) < 4.78 is 24.9. The van der Waals surface area contributed by atoms with Gasteiger partial charge in [0, 0.05) is 17.5 Å². The van der Waals surface area contributed by atoms with Crippen LogP contribution >= 0.6 is 8.03 Å². The highest BCUT2D eigenvalue weighted by atomic mass is 31.1. The Morgan fingerprint density at radius 3 is 1.26 bits per heavy atom. The second-order valence-electron chi connectivity index (χ2n) is 14.0. The summed E-state index contributed by atoms with van der Waals surface area (Å²) in [7, 11) is -3.00. The Balaban J connectivity index is 2.43. The van der Waals surface area contributed by atoms with E-state index in [1.54, 1.807) is 0 Å². The molecule has 0 N–H and O–H groups in total. The summed E-state index contributed by atoms with van der Waals surface area (Å²) in [6.45, 7) is 26.0. The summed E-state index contributed by atoms with van der Waals surface area (Å²) >= 11 is 0. The zero-order valence-electron chi connectivity index (χ0n) is 23.7. The summed E-state index contributed by atoms with van der Waals surface area (Å²) in [5.74, 6) is 1.25. The van der Waals surface area contributed by atoms with E-state index in [4.69, 9.17) is 9.47 Å². The molecule has 3 rings (SSSR count). The maximum Gasteiger partial charge on any atom is 0.443 e. The van der Waals surface area contributed by atoms with Crippen LogP contribution in [0.4, 0.5) is 0 Å². The Labute approximate surface area is 213 Å². The predicted molar refractivity (Wildman–Crippen MR) is 143 cm³/mol. The van der Waals surface area contributed by atoms with Gasteiger partial charge < -0.3 is 14.4 Å². The van der Waals surface area contributed by atoms with Gasteiger partial charge in [-0.2, -0.15) is 0 Å². The van der Waals surface area contributed by atoms with Gasteiger partial charge in [-0.15, -0.1) is 0 Å². The van der Waals surface area contributed by atoms with Crippen molar-refractivity contribution in [3.8, 4) is 11.5 Å². The van der Waals surface area contributed by atoms with E-state index in [0.717, 1.165) is 22.3 Å². The molecule has 1 aliphatic heterocycles. The molecule has 35 heavy (non-hydrogen) atoms. The minimum atomic E-state index is -3.00. The van der Waals surface area contributed by atoms with Gasteiger partial charge >= 0.3 is 14.1 Å². The van der Waals surface area contributed by atoms with Crippen LogP contribution in [0.5, 0.6) is 11.5 Å². The van der Waals surface area contributed by atoms with Gasteiger partial charge in [-0.1, -0.05) is 112 Å². The van der Waals surface area contributed by atoms with Crippen molar-refractivity contribution in [2.75, 3.05) is 0 Å². The smallest absolute Gasteiger partial charge is 0.443 e. The number of benzene rings is 2. The quantitative estimate of drug-likeness (QED) is 0.379. The number of ether oxygens (including phenoxy) is 2. The van der Waals surface area contributed by atoms with E-state index in [1.165, 1.54) is 11.1 Å². The Morgan fingerprint density at radius 2 is 1.00 bits per heavy atom. The molecule has 1 heterocycles. The molecule has 0 aromatic heterocycles. The zero-order valence-corrected chi connectivity index (χ0v) is 24.6. The maximum atomic E-state index is 12.4. The largest absolute Gasteiger partial charge is 0.589 e. The monoisotopic (exact) mass is 498 g/mol. The fourth-order valence-corrected chi connectivity index (χ4v) is 4.80. The van der Waals surface area contributed by atoms with Crippen molar-refractivity contribution in [2.24, 2.45) is 0 Å². The molecule has 2 aromatic rings. The fourth-order valence-electron chi connectivity index (χ4n) is 4.42. The molecular formula is C30H43O4P. The van der Waals surface area contributed by atoms with Gasteiger partial charge in [-0.25, -0.2) is 0 Å². The zero-order chi connectivity index (χ0) is 26.7. The van der Waals surface area contributed by atoms with E-state index < -0.39 is 14.1 Å². The first-order valence-electron chi connectivity index (χ1n) is 12.5. The molecule has 192 valence electrons. The van der Waals surface area contributed by atoms with Crippen molar-refractivity contribution >= 4 is 8.03 Å². The normalized spacial score (nSPS) is 15.9. The summed E-state index contributed by atoms with van der Waals surface area (Å²) in [5.41, 5.74) is 5.80. The van der Waals surface area contributed by atoms with Crippen molar-refractivity contribution in [2.45, 2.75) is 117 Å². The molecule has 1 unspecified atom stereocenters. The third-order valence-electron chi connectivity index (χ3n) is 6.67. The fraction of sp³-hybridized carbons (Fsp3) is 0.600. The average molecular weight is 499 g/mol. The second kappa shape index (κ2) is 8.89. The first kappa shape index (κ1) is 27.7. The van der Waals surface area contributed by atoms with E-state index in [-0.39, 0.29) is 21.7 Å². The standard InChI is InChI=1S/C30H43O4P/c1-27(2,3)20-14-18-13-19-15-21(28(4,5)6)17-23(30(10,11)12)25(19)34-26(35(31)32)33-24(18)22(16-20)29(7,8)9/h14-17,26H,13H2,1-12H3. The van der Waals surface area contributed by atoms with E-state index in [9.17, 15) is 9.46 Å². The minimum absolute atomic E-state index is 0.0658. The number of hydrogen-bond acceptors (Lipinski definition) is 4. The Morgan fingerprint density at radius 1 is 0.657 bits per heavy atom. The van der Waals surface area contributed by atoms with E-state index >= 15 is 0 Å². The van der Waals surface area contributed by atoms with Crippen LogP contribution in [-0.4, -0.2) is 6.03 Å². The molecule has 0 saturated carbocycles. The van der Waals surface area contributed by atoms with Gasteiger partial charge in [-0.05, 0) is 43.9 Å². The SMILES string of the molecule is CC(C)(C)c1cc2c(c(C(C)(C)C)c1)OC([P+](=O)[O-])Oc1c(cc(C(C)(C)C)cc1C(C)(C)C)C2. The molecule has 4 nitrogen and oxygen atoms in total. The number of rotatable bonds is 1. The van der Waals surface area contributed by atoms with Crippen molar-refractivity contribution in [1.82, 2.24) is 0 Å². The lowest BCUT2D eigenvalue weighted by molar-refractivity contribution is -0.179. The molecule has 0 radical (unpaired) electrons. The van der Waals surface area contributed by atoms with Crippen LogP contribution in [0.15, 0.2) is 24.3 Å². The molecule has 2 aromatic carbocycles.